The van der Waals surface area contributed by atoms with E-state index in [0.717, 1.165) is 31.4 Å². The first-order valence-electron chi connectivity index (χ1n) is 9.34. The average Bonchev–Trinajstić information content (AvgIpc) is 3.24. The van der Waals surface area contributed by atoms with Gasteiger partial charge in [-0.3, -0.25) is 19.3 Å². The molecule has 1 saturated carbocycles. The number of fused-ring (bicyclic) bond motifs is 1. The lowest BCUT2D eigenvalue weighted by atomic mass is 9.89. The summed E-state index contributed by atoms with van der Waals surface area (Å²) in [4.78, 5) is 42.8. The van der Waals surface area contributed by atoms with Crippen molar-refractivity contribution in [3.63, 3.8) is 0 Å². The Balaban J connectivity index is 1.34. The van der Waals surface area contributed by atoms with E-state index in [1.165, 1.54) is 22.7 Å². The van der Waals surface area contributed by atoms with Gasteiger partial charge in [0, 0.05) is 24.3 Å². The maximum atomic E-state index is 12.4. The molecule has 27 heavy (non-hydrogen) atoms. The van der Waals surface area contributed by atoms with Gasteiger partial charge in [0.15, 0.2) is 5.13 Å². The highest BCUT2D eigenvalue weighted by molar-refractivity contribution is 7.13. The number of benzene rings is 1. The van der Waals surface area contributed by atoms with Gasteiger partial charge in [-0.2, -0.15) is 0 Å². The van der Waals surface area contributed by atoms with Crippen molar-refractivity contribution in [3.8, 4) is 0 Å². The maximum absolute atomic E-state index is 12.4. The largest absolute Gasteiger partial charge is 0.302 e. The number of carbonyl (C=O) groups excluding carboxylic acids is 3. The molecule has 0 unspecified atom stereocenters. The summed E-state index contributed by atoms with van der Waals surface area (Å²) >= 11 is 1.38. The van der Waals surface area contributed by atoms with Crippen LogP contribution in [0.25, 0.3) is 0 Å². The molecule has 3 amide bonds. The fourth-order valence-electron chi connectivity index (χ4n) is 3.72. The third-order valence-corrected chi connectivity index (χ3v) is 6.03. The second kappa shape index (κ2) is 7.60. The van der Waals surface area contributed by atoms with Crippen LogP contribution >= 0.6 is 11.3 Å². The molecule has 6 nitrogen and oxygen atoms in total. The molecule has 2 aliphatic rings. The summed E-state index contributed by atoms with van der Waals surface area (Å²) in [5.74, 6) is -0.367. The topological polar surface area (TPSA) is 79.4 Å². The number of nitrogens with one attached hydrogen (secondary N) is 1. The van der Waals surface area contributed by atoms with Crippen LogP contribution in [0.1, 0.15) is 58.5 Å². The van der Waals surface area contributed by atoms with Crippen molar-refractivity contribution in [3.05, 3.63) is 46.5 Å². The van der Waals surface area contributed by atoms with Crippen LogP contribution in [0.4, 0.5) is 5.13 Å². The molecule has 2 aromatic rings. The molecule has 1 aromatic heterocycles. The van der Waals surface area contributed by atoms with Crippen LogP contribution < -0.4 is 5.32 Å². The Labute approximate surface area is 161 Å². The van der Waals surface area contributed by atoms with E-state index in [1.54, 1.807) is 24.3 Å². The fourth-order valence-corrected chi connectivity index (χ4v) is 4.47. The summed E-state index contributed by atoms with van der Waals surface area (Å²) in [6, 6.07) is 6.87. The van der Waals surface area contributed by atoms with E-state index >= 15 is 0 Å². The number of aromatic nitrogens is 1. The first-order valence-corrected chi connectivity index (χ1v) is 10.2. The highest BCUT2D eigenvalue weighted by atomic mass is 32.1. The zero-order chi connectivity index (χ0) is 18.8. The van der Waals surface area contributed by atoms with Gasteiger partial charge >= 0.3 is 0 Å². The summed E-state index contributed by atoms with van der Waals surface area (Å²) in [6.45, 7) is 0.284. The van der Waals surface area contributed by atoms with Gasteiger partial charge in [0.1, 0.15) is 0 Å². The number of rotatable bonds is 5. The van der Waals surface area contributed by atoms with Crippen molar-refractivity contribution in [1.82, 2.24) is 9.88 Å². The van der Waals surface area contributed by atoms with Crippen LogP contribution in [0.5, 0.6) is 0 Å². The standard InChI is InChI=1S/C20H21N3O3S/c24-17(13-6-2-1-3-7-13)22-20-21-14(12-27-20)10-11-23-18(25)15-8-4-5-9-16(15)19(23)26/h4-5,8-9,12-13H,1-3,6-7,10-11H2,(H,21,22,24). The summed E-state index contributed by atoms with van der Waals surface area (Å²) in [5, 5.41) is 5.37. The van der Waals surface area contributed by atoms with Gasteiger partial charge in [-0.25, -0.2) is 4.98 Å². The molecule has 7 heteroatoms. The predicted molar refractivity (Wildman–Crippen MR) is 103 cm³/mol. The maximum Gasteiger partial charge on any atom is 0.261 e. The molecule has 4 rings (SSSR count). The van der Waals surface area contributed by atoms with Gasteiger partial charge in [-0.15, -0.1) is 11.3 Å². The molecule has 1 aromatic carbocycles. The molecule has 0 radical (unpaired) electrons. The Morgan fingerprint density at radius 2 is 1.78 bits per heavy atom. The summed E-state index contributed by atoms with van der Waals surface area (Å²) in [7, 11) is 0. The Morgan fingerprint density at radius 3 is 2.44 bits per heavy atom. The van der Waals surface area contributed by atoms with Gasteiger partial charge in [0.25, 0.3) is 11.8 Å². The van der Waals surface area contributed by atoms with Crippen molar-refractivity contribution >= 4 is 34.2 Å². The van der Waals surface area contributed by atoms with Crippen molar-refractivity contribution < 1.29 is 14.4 Å². The van der Waals surface area contributed by atoms with Crippen molar-refractivity contribution in [2.45, 2.75) is 38.5 Å². The third-order valence-electron chi connectivity index (χ3n) is 5.23. The van der Waals surface area contributed by atoms with E-state index in [4.69, 9.17) is 0 Å². The monoisotopic (exact) mass is 383 g/mol. The van der Waals surface area contributed by atoms with E-state index in [0.29, 0.717) is 22.7 Å². The molecule has 0 atom stereocenters. The van der Waals surface area contributed by atoms with E-state index in [1.807, 2.05) is 5.38 Å². The highest BCUT2D eigenvalue weighted by Gasteiger charge is 2.34. The summed E-state index contributed by atoms with van der Waals surface area (Å²) in [5.41, 5.74) is 1.69. The number of amides is 3. The highest BCUT2D eigenvalue weighted by Crippen LogP contribution is 2.26. The molecule has 1 aliphatic carbocycles. The van der Waals surface area contributed by atoms with Crippen molar-refractivity contribution in [1.29, 1.82) is 0 Å². The van der Waals surface area contributed by atoms with Gasteiger partial charge in [-0.1, -0.05) is 31.4 Å². The van der Waals surface area contributed by atoms with Crippen LogP contribution in [0.3, 0.4) is 0 Å². The molecular formula is C20H21N3O3S. The minimum atomic E-state index is -0.253. The molecule has 0 spiro atoms. The number of imide groups is 1. The number of hydrogen-bond donors (Lipinski definition) is 1. The lowest BCUT2D eigenvalue weighted by Crippen LogP contribution is -2.31. The van der Waals surface area contributed by atoms with Gasteiger partial charge in [0.2, 0.25) is 5.91 Å². The first kappa shape index (κ1) is 17.9. The summed E-state index contributed by atoms with van der Waals surface area (Å²) < 4.78 is 0. The lowest BCUT2D eigenvalue weighted by Gasteiger charge is -2.19. The quantitative estimate of drug-likeness (QED) is 0.802. The molecule has 0 bridgehead atoms. The smallest absolute Gasteiger partial charge is 0.261 e. The number of nitrogens with zero attached hydrogens (tertiary/aromatic N) is 2. The molecule has 1 N–H and O–H groups in total. The molecule has 0 saturated heterocycles. The van der Waals surface area contributed by atoms with Crippen LogP contribution in [0.2, 0.25) is 0 Å². The van der Waals surface area contributed by atoms with E-state index < -0.39 is 0 Å². The van der Waals surface area contributed by atoms with Crippen molar-refractivity contribution in [2.24, 2.45) is 5.92 Å². The Hall–Kier alpha value is -2.54. The van der Waals surface area contributed by atoms with Crippen LogP contribution in [0, 0.1) is 5.92 Å². The minimum absolute atomic E-state index is 0.0518. The number of thiazole rings is 1. The second-order valence-electron chi connectivity index (χ2n) is 7.03. The number of hydrogen-bond acceptors (Lipinski definition) is 5. The van der Waals surface area contributed by atoms with Crippen LogP contribution in [-0.2, 0) is 11.2 Å². The molecule has 2 heterocycles. The molecule has 1 aliphatic heterocycles. The second-order valence-corrected chi connectivity index (χ2v) is 7.88. The summed E-state index contributed by atoms with van der Waals surface area (Å²) in [6.07, 6.45) is 5.81. The molecule has 1 fully saturated rings. The van der Waals surface area contributed by atoms with E-state index in [2.05, 4.69) is 10.3 Å². The normalized spacial score (nSPS) is 17.3. The minimum Gasteiger partial charge on any atom is -0.302 e. The van der Waals surface area contributed by atoms with Gasteiger partial charge < -0.3 is 5.32 Å². The average molecular weight is 383 g/mol. The zero-order valence-corrected chi connectivity index (χ0v) is 15.8. The Morgan fingerprint density at radius 1 is 1.11 bits per heavy atom. The fraction of sp³-hybridized carbons (Fsp3) is 0.400. The predicted octanol–water partition coefficient (Wildman–Crippen LogP) is 3.50. The lowest BCUT2D eigenvalue weighted by molar-refractivity contribution is -0.120. The zero-order valence-electron chi connectivity index (χ0n) is 14.9. The Bertz CT molecular complexity index is 851. The number of carbonyl (C=O) groups is 3. The SMILES string of the molecule is O=C(Nc1nc(CCN2C(=O)c3ccccc3C2=O)cs1)C1CCCCC1. The van der Waals surface area contributed by atoms with Crippen molar-refractivity contribution in [2.75, 3.05) is 11.9 Å². The third kappa shape index (κ3) is 3.64. The van der Waals surface area contributed by atoms with Crippen LogP contribution in [0.15, 0.2) is 29.6 Å². The number of anilines is 1. The van der Waals surface area contributed by atoms with Crippen LogP contribution in [-0.4, -0.2) is 34.2 Å². The van der Waals surface area contributed by atoms with E-state index in [-0.39, 0.29) is 30.2 Å². The van der Waals surface area contributed by atoms with Gasteiger partial charge in [-0.05, 0) is 25.0 Å². The first-order chi connectivity index (χ1) is 13.1. The van der Waals surface area contributed by atoms with E-state index in [9.17, 15) is 14.4 Å². The molecular weight excluding hydrogens is 362 g/mol. The molecule has 140 valence electrons. The Kier molecular flexibility index (Phi) is 5.03. The van der Waals surface area contributed by atoms with Gasteiger partial charge in [0.05, 0.1) is 16.8 Å².